The summed E-state index contributed by atoms with van der Waals surface area (Å²) >= 11 is 0. The molecule has 2 bridgehead atoms. The lowest BCUT2D eigenvalue weighted by atomic mass is 9.44. The van der Waals surface area contributed by atoms with Crippen LogP contribution in [0.5, 0.6) is 0 Å². The van der Waals surface area contributed by atoms with Crippen molar-refractivity contribution < 1.29 is 19.4 Å². The van der Waals surface area contributed by atoms with Gasteiger partial charge in [0, 0.05) is 23.2 Å². The maximum absolute atomic E-state index is 13.3. The summed E-state index contributed by atoms with van der Waals surface area (Å²) in [6.07, 6.45) is 5.34. The monoisotopic (exact) mass is 440 g/mol. The predicted molar refractivity (Wildman–Crippen MR) is 126 cm³/mol. The molecule has 1 aromatic carbocycles. The van der Waals surface area contributed by atoms with E-state index in [-0.39, 0.29) is 30.1 Å². The number of carbonyl (C=O) groups excluding carboxylic acids is 1. The molecule has 8 atom stereocenters. The van der Waals surface area contributed by atoms with E-state index in [1.807, 2.05) is 36.4 Å². The molecule has 0 spiro atoms. The first-order valence-corrected chi connectivity index (χ1v) is 12.3. The largest absolute Gasteiger partial charge is 0.392 e. The van der Waals surface area contributed by atoms with Crippen LogP contribution in [-0.2, 0) is 20.9 Å². The number of hydrogen-bond donors (Lipinski definition) is 1. The molecule has 4 rings (SSSR count). The SMILES string of the molecule is C=C[C@@]1(C)C[C@@H](O)[C@@]2(C)C3C(=O)CC[C@@]3(CC[C@H]2C)[C@@H](C)[C@@H]1OCOCc1ccccc1. The molecule has 176 valence electrons. The number of aliphatic hydroxyl groups excluding tert-OH is 1. The molecular weight excluding hydrogens is 400 g/mol. The summed E-state index contributed by atoms with van der Waals surface area (Å²) in [6, 6.07) is 10.1. The average molecular weight is 441 g/mol. The summed E-state index contributed by atoms with van der Waals surface area (Å²) in [4.78, 5) is 13.3. The van der Waals surface area contributed by atoms with E-state index in [1.165, 1.54) is 0 Å². The van der Waals surface area contributed by atoms with E-state index in [2.05, 4.69) is 34.3 Å². The minimum absolute atomic E-state index is 0.102. The number of rotatable bonds is 6. The van der Waals surface area contributed by atoms with Crippen LogP contribution < -0.4 is 0 Å². The normalized spacial score (nSPS) is 43.9. The second-order valence-corrected chi connectivity index (χ2v) is 11.2. The van der Waals surface area contributed by atoms with Gasteiger partial charge in [-0.2, -0.15) is 0 Å². The number of ether oxygens (including phenoxy) is 2. The molecule has 1 N–H and O–H groups in total. The number of benzene rings is 1. The number of carbonyl (C=O) groups is 1. The lowest BCUT2D eigenvalue weighted by Gasteiger charge is -2.62. The fourth-order valence-corrected chi connectivity index (χ4v) is 7.54. The summed E-state index contributed by atoms with van der Waals surface area (Å²) in [7, 11) is 0. The van der Waals surface area contributed by atoms with Crippen LogP contribution in [0.2, 0.25) is 0 Å². The highest BCUT2D eigenvalue weighted by Gasteiger charge is 2.67. The van der Waals surface area contributed by atoms with Crippen molar-refractivity contribution in [2.45, 2.75) is 78.6 Å². The second-order valence-electron chi connectivity index (χ2n) is 11.2. The minimum Gasteiger partial charge on any atom is -0.392 e. The third-order valence-corrected chi connectivity index (χ3v) is 9.73. The highest BCUT2D eigenvalue weighted by molar-refractivity contribution is 5.85. The van der Waals surface area contributed by atoms with Gasteiger partial charge in [-0.1, -0.05) is 64.1 Å². The summed E-state index contributed by atoms with van der Waals surface area (Å²) in [5, 5.41) is 11.6. The lowest BCUT2D eigenvalue weighted by Crippen LogP contribution is -2.62. The third-order valence-electron chi connectivity index (χ3n) is 9.73. The van der Waals surface area contributed by atoms with Crippen LogP contribution in [0.15, 0.2) is 43.0 Å². The van der Waals surface area contributed by atoms with Gasteiger partial charge in [-0.3, -0.25) is 4.79 Å². The van der Waals surface area contributed by atoms with Gasteiger partial charge in [-0.25, -0.2) is 0 Å². The second kappa shape index (κ2) is 8.70. The Morgan fingerprint density at radius 2 is 1.91 bits per heavy atom. The fraction of sp³-hybridized carbons (Fsp3) is 0.679. The van der Waals surface area contributed by atoms with Crippen LogP contribution in [0.4, 0.5) is 0 Å². The van der Waals surface area contributed by atoms with Gasteiger partial charge in [-0.15, -0.1) is 6.58 Å². The van der Waals surface area contributed by atoms with Crippen molar-refractivity contribution in [3.8, 4) is 0 Å². The molecule has 3 aliphatic carbocycles. The molecule has 1 unspecified atom stereocenters. The molecule has 32 heavy (non-hydrogen) atoms. The maximum atomic E-state index is 13.3. The van der Waals surface area contributed by atoms with Crippen molar-refractivity contribution in [1.82, 2.24) is 0 Å². The zero-order chi connectivity index (χ0) is 23.1. The topological polar surface area (TPSA) is 55.8 Å². The Kier molecular flexibility index (Phi) is 6.43. The number of hydrogen-bond acceptors (Lipinski definition) is 4. The Morgan fingerprint density at radius 3 is 2.59 bits per heavy atom. The highest BCUT2D eigenvalue weighted by atomic mass is 16.7. The summed E-state index contributed by atoms with van der Waals surface area (Å²) in [6.45, 7) is 13.7. The average Bonchev–Trinajstić information content (AvgIpc) is 3.14. The van der Waals surface area contributed by atoms with Gasteiger partial charge in [0.2, 0.25) is 0 Å². The van der Waals surface area contributed by atoms with E-state index in [9.17, 15) is 9.90 Å². The van der Waals surface area contributed by atoms with Gasteiger partial charge in [0.1, 0.15) is 12.6 Å². The van der Waals surface area contributed by atoms with E-state index in [4.69, 9.17) is 9.47 Å². The Labute approximate surface area is 193 Å². The first-order chi connectivity index (χ1) is 15.2. The Hall–Kier alpha value is -1.49. The first-order valence-electron chi connectivity index (χ1n) is 12.3. The molecule has 3 saturated carbocycles. The van der Waals surface area contributed by atoms with Gasteiger partial charge >= 0.3 is 0 Å². The predicted octanol–water partition coefficient (Wildman–Crippen LogP) is 5.54. The van der Waals surface area contributed by atoms with Crippen molar-refractivity contribution in [3.05, 3.63) is 48.6 Å². The molecule has 0 saturated heterocycles. The molecule has 4 nitrogen and oxygen atoms in total. The Morgan fingerprint density at radius 1 is 1.19 bits per heavy atom. The maximum Gasteiger partial charge on any atom is 0.147 e. The molecule has 0 aromatic heterocycles. The van der Waals surface area contributed by atoms with Crippen molar-refractivity contribution in [3.63, 3.8) is 0 Å². The molecule has 0 heterocycles. The molecular formula is C28H40O4. The summed E-state index contributed by atoms with van der Waals surface area (Å²) < 4.78 is 12.4. The lowest BCUT2D eigenvalue weighted by molar-refractivity contribution is -0.218. The van der Waals surface area contributed by atoms with Crippen LogP contribution in [-0.4, -0.2) is 29.9 Å². The number of Topliss-reactive ketones (excluding diaryl/α,β-unsaturated/α-hetero) is 1. The molecule has 3 fully saturated rings. The van der Waals surface area contributed by atoms with Crippen molar-refractivity contribution >= 4 is 5.78 Å². The van der Waals surface area contributed by atoms with Crippen LogP contribution >= 0.6 is 0 Å². The molecule has 1 aromatic rings. The van der Waals surface area contributed by atoms with Crippen LogP contribution in [0.25, 0.3) is 0 Å². The van der Waals surface area contributed by atoms with Gasteiger partial charge in [0.25, 0.3) is 0 Å². The van der Waals surface area contributed by atoms with Crippen LogP contribution in [0.1, 0.15) is 65.4 Å². The van der Waals surface area contributed by atoms with E-state index >= 15 is 0 Å². The first kappa shape index (κ1) is 23.7. The smallest absolute Gasteiger partial charge is 0.147 e. The Balaban J connectivity index is 1.63. The van der Waals surface area contributed by atoms with E-state index in [0.717, 1.165) is 24.8 Å². The van der Waals surface area contributed by atoms with Gasteiger partial charge in [-0.05, 0) is 48.5 Å². The standard InChI is InChI=1S/C28H40O4/c1-6-26(4)16-23(30)27(5)19(2)12-14-28(15-13-22(29)24(27)28)20(3)25(26)32-18-31-17-21-10-8-7-9-11-21/h6-11,19-20,23-25,30H,1,12-18H2,2-5H3/t19-,20+,23-,24?,25+,26+,27+,28+/m1/s1. The van der Waals surface area contributed by atoms with Gasteiger partial charge in [0.05, 0.1) is 18.8 Å². The minimum atomic E-state index is -0.573. The molecule has 0 amide bonds. The highest BCUT2D eigenvalue weighted by Crippen LogP contribution is 2.67. The zero-order valence-electron chi connectivity index (χ0n) is 20.2. The van der Waals surface area contributed by atoms with E-state index in [0.29, 0.717) is 31.1 Å². The van der Waals surface area contributed by atoms with Crippen LogP contribution in [0, 0.1) is 34.0 Å². The quantitative estimate of drug-likeness (QED) is 0.358. The number of ketones is 1. The van der Waals surface area contributed by atoms with Crippen molar-refractivity contribution in [2.24, 2.45) is 34.0 Å². The summed E-state index contributed by atoms with van der Waals surface area (Å²) in [5.41, 5.74) is 0.171. The summed E-state index contributed by atoms with van der Waals surface area (Å²) in [5.74, 6) is 0.716. The fourth-order valence-electron chi connectivity index (χ4n) is 7.54. The molecule has 0 radical (unpaired) electrons. The van der Waals surface area contributed by atoms with E-state index < -0.39 is 16.9 Å². The van der Waals surface area contributed by atoms with Gasteiger partial charge in [0.15, 0.2) is 0 Å². The van der Waals surface area contributed by atoms with E-state index in [1.54, 1.807) is 0 Å². The molecule has 3 aliphatic rings. The number of aliphatic hydroxyl groups is 1. The van der Waals surface area contributed by atoms with Crippen LogP contribution in [0.3, 0.4) is 0 Å². The third kappa shape index (κ3) is 3.59. The molecule has 0 aliphatic heterocycles. The molecule has 4 heteroatoms. The van der Waals surface area contributed by atoms with Crippen molar-refractivity contribution in [1.29, 1.82) is 0 Å². The van der Waals surface area contributed by atoms with Gasteiger partial charge < -0.3 is 14.6 Å². The zero-order valence-corrected chi connectivity index (χ0v) is 20.2. The van der Waals surface area contributed by atoms with Crippen molar-refractivity contribution in [2.75, 3.05) is 6.79 Å². The Bertz CT molecular complexity index is 837.